The van der Waals surface area contributed by atoms with Gasteiger partial charge in [0, 0.05) is 13.0 Å². The minimum atomic E-state index is -0.0742. The van der Waals surface area contributed by atoms with Crippen LogP contribution in [0.5, 0.6) is 0 Å². The number of hydrogen-bond acceptors (Lipinski definition) is 8. The predicted octanol–water partition coefficient (Wildman–Crippen LogP) is 1.71. The number of nitrogens with two attached hydrogens (primary N) is 1. The monoisotopic (exact) mass is 335 g/mol. The number of rotatable bonds is 6. The van der Waals surface area contributed by atoms with Gasteiger partial charge in [0.05, 0.1) is 5.75 Å². The van der Waals surface area contributed by atoms with Crippen LogP contribution in [-0.2, 0) is 11.2 Å². The molecule has 0 atom stereocenters. The van der Waals surface area contributed by atoms with E-state index in [9.17, 15) is 4.79 Å². The average molecular weight is 335 g/mol. The summed E-state index contributed by atoms with van der Waals surface area (Å²) in [6.07, 6.45) is 0.552. The first kappa shape index (κ1) is 14.8. The smallest absolute Gasteiger partial charge is 0.230 e. The Morgan fingerprint density at radius 3 is 3.00 bits per heavy atom. The minimum absolute atomic E-state index is 0.0742. The zero-order valence-corrected chi connectivity index (χ0v) is 13.1. The van der Waals surface area contributed by atoms with E-state index < -0.39 is 0 Å². The van der Waals surface area contributed by atoms with Crippen LogP contribution in [0.1, 0.15) is 5.89 Å². The molecular formula is C13H13N5O2S2. The molecule has 0 saturated heterocycles. The molecule has 1 aromatic carbocycles. The first-order valence-corrected chi connectivity index (χ1v) is 8.34. The Hall–Kier alpha value is -2.13. The van der Waals surface area contributed by atoms with Gasteiger partial charge in [-0.2, -0.15) is 0 Å². The molecule has 0 aliphatic heterocycles. The number of fused-ring (bicyclic) bond motifs is 1. The van der Waals surface area contributed by atoms with Gasteiger partial charge in [0.1, 0.15) is 5.52 Å². The molecular weight excluding hydrogens is 322 g/mol. The molecule has 9 heteroatoms. The normalized spacial score (nSPS) is 10.9. The molecule has 0 fully saturated rings. The molecule has 3 rings (SSSR count). The number of nitrogen functional groups attached to an aromatic ring is 1. The number of oxazole rings is 1. The molecule has 0 radical (unpaired) electrons. The van der Waals surface area contributed by atoms with E-state index in [0.29, 0.717) is 28.3 Å². The number of benzene rings is 1. The van der Waals surface area contributed by atoms with E-state index in [2.05, 4.69) is 20.5 Å². The summed E-state index contributed by atoms with van der Waals surface area (Å²) < 4.78 is 6.27. The number of carbonyl (C=O) groups is 1. The lowest BCUT2D eigenvalue weighted by Gasteiger charge is -2.01. The average Bonchev–Trinajstić information content (AvgIpc) is 3.10. The fraction of sp³-hybridized carbons (Fsp3) is 0.231. The zero-order valence-electron chi connectivity index (χ0n) is 11.5. The molecule has 3 N–H and O–H groups in total. The molecule has 2 aromatic heterocycles. The lowest BCUT2D eigenvalue weighted by Crippen LogP contribution is -2.27. The zero-order chi connectivity index (χ0) is 15.4. The van der Waals surface area contributed by atoms with Gasteiger partial charge >= 0.3 is 0 Å². The molecule has 22 heavy (non-hydrogen) atoms. The quantitative estimate of drug-likeness (QED) is 0.660. The largest absolute Gasteiger partial charge is 0.441 e. The van der Waals surface area contributed by atoms with E-state index in [4.69, 9.17) is 10.2 Å². The van der Waals surface area contributed by atoms with Crippen molar-refractivity contribution in [1.82, 2.24) is 20.5 Å². The number of carbonyl (C=O) groups excluding carboxylic acids is 1. The Labute approximate surface area is 134 Å². The van der Waals surface area contributed by atoms with Crippen molar-refractivity contribution >= 4 is 45.2 Å². The number of nitrogens with zero attached hydrogens (tertiary/aromatic N) is 3. The molecule has 0 aliphatic carbocycles. The third-order valence-electron chi connectivity index (χ3n) is 2.75. The summed E-state index contributed by atoms with van der Waals surface area (Å²) in [5.41, 5.74) is 7.06. The standard InChI is InChI=1S/C13H13N5O2S2/c14-12-17-18-13(22-12)21-7-10(19)15-6-5-11-16-8-3-1-2-4-9(8)20-11/h1-4H,5-7H2,(H2,14,17)(H,15,19). The van der Waals surface area contributed by atoms with Crippen molar-refractivity contribution in [3.63, 3.8) is 0 Å². The second-order valence-corrected chi connectivity index (χ2v) is 6.60. The third kappa shape index (κ3) is 3.74. The fourth-order valence-electron chi connectivity index (χ4n) is 1.79. The summed E-state index contributed by atoms with van der Waals surface area (Å²) in [5.74, 6) is 0.822. The highest BCUT2D eigenvalue weighted by Crippen LogP contribution is 2.22. The van der Waals surface area contributed by atoms with Crippen molar-refractivity contribution < 1.29 is 9.21 Å². The molecule has 1 amide bonds. The van der Waals surface area contributed by atoms with Crippen molar-refractivity contribution in [2.24, 2.45) is 0 Å². The van der Waals surface area contributed by atoms with Gasteiger partial charge < -0.3 is 15.5 Å². The molecule has 0 saturated carbocycles. The van der Waals surface area contributed by atoms with E-state index in [1.807, 2.05) is 24.3 Å². The maximum Gasteiger partial charge on any atom is 0.230 e. The van der Waals surface area contributed by atoms with Crippen LogP contribution in [0.4, 0.5) is 5.13 Å². The van der Waals surface area contributed by atoms with Gasteiger partial charge in [-0.15, -0.1) is 10.2 Å². The summed E-state index contributed by atoms with van der Waals surface area (Å²) in [6, 6.07) is 7.57. The molecule has 3 aromatic rings. The minimum Gasteiger partial charge on any atom is -0.441 e. The van der Waals surface area contributed by atoms with Gasteiger partial charge in [-0.05, 0) is 12.1 Å². The number of aromatic nitrogens is 3. The Balaban J connectivity index is 1.43. The van der Waals surface area contributed by atoms with Crippen molar-refractivity contribution in [1.29, 1.82) is 0 Å². The number of thioether (sulfide) groups is 1. The summed E-state index contributed by atoms with van der Waals surface area (Å²) in [5, 5.41) is 10.8. The summed E-state index contributed by atoms with van der Waals surface area (Å²) in [7, 11) is 0. The van der Waals surface area contributed by atoms with Crippen LogP contribution in [0.25, 0.3) is 11.1 Å². The van der Waals surface area contributed by atoms with Crippen LogP contribution in [0.2, 0.25) is 0 Å². The number of amides is 1. The van der Waals surface area contributed by atoms with Gasteiger partial charge in [-0.25, -0.2) is 4.98 Å². The molecule has 0 bridgehead atoms. The predicted molar refractivity (Wildman–Crippen MR) is 85.8 cm³/mol. The number of hydrogen-bond donors (Lipinski definition) is 2. The number of anilines is 1. The highest BCUT2D eigenvalue weighted by Gasteiger charge is 2.08. The molecule has 0 unspecified atom stereocenters. The van der Waals surface area contributed by atoms with E-state index in [-0.39, 0.29) is 11.7 Å². The van der Waals surface area contributed by atoms with Gasteiger partial charge in [0.25, 0.3) is 0 Å². The van der Waals surface area contributed by atoms with Gasteiger partial charge in [-0.3, -0.25) is 4.79 Å². The van der Waals surface area contributed by atoms with Crippen molar-refractivity contribution in [2.75, 3.05) is 18.0 Å². The Kier molecular flexibility index (Phi) is 4.54. The Morgan fingerprint density at radius 1 is 1.36 bits per heavy atom. The van der Waals surface area contributed by atoms with Crippen LogP contribution in [0.15, 0.2) is 33.0 Å². The summed E-state index contributed by atoms with van der Waals surface area (Å²) >= 11 is 2.58. The lowest BCUT2D eigenvalue weighted by atomic mass is 10.3. The molecule has 0 spiro atoms. The third-order valence-corrected chi connectivity index (χ3v) is 4.63. The van der Waals surface area contributed by atoms with Crippen molar-refractivity contribution in [3.8, 4) is 0 Å². The molecule has 2 heterocycles. The first-order chi connectivity index (χ1) is 10.7. The van der Waals surface area contributed by atoms with Gasteiger partial charge in [0.2, 0.25) is 11.0 Å². The van der Waals surface area contributed by atoms with Crippen LogP contribution in [0, 0.1) is 0 Å². The lowest BCUT2D eigenvalue weighted by molar-refractivity contribution is -0.118. The van der Waals surface area contributed by atoms with E-state index >= 15 is 0 Å². The highest BCUT2D eigenvalue weighted by atomic mass is 32.2. The summed E-state index contributed by atoms with van der Waals surface area (Å²) in [6.45, 7) is 0.477. The second-order valence-electron chi connectivity index (χ2n) is 4.37. The number of para-hydroxylation sites is 2. The Morgan fingerprint density at radius 2 is 2.23 bits per heavy atom. The van der Waals surface area contributed by atoms with E-state index in [1.165, 1.54) is 23.1 Å². The van der Waals surface area contributed by atoms with Crippen molar-refractivity contribution in [3.05, 3.63) is 30.2 Å². The fourth-order valence-corrected chi connectivity index (χ4v) is 3.26. The Bertz CT molecular complexity index is 752. The molecule has 114 valence electrons. The van der Waals surface area contributed by atoms with Gasteiger partial charge in [-0.1, -0.05) is 35.2 Å². The molecule has 0 aliphatic rings. The van der Waals surface area contributed by atoms with E-state index in [0.717, 1.165) is 11.1 Å². The maximum atomic E-state index is 11.7. The SMILES string of the molecule is Nc1nnc(SCC(=O)NCCc2nc3ccccc3o2)s1. The van der Waals surface area contributed by atoms with Crippen LogP contribution in [-0.4, -0.2) is 33.4 Å². The van der Waals surface area contributed by atoms with Gasteiger partial charge in [0.15, 0.2) is 15.8 Å². The van der Waals surface area contributed by atoms with Crippen molar-refractivity contribution in [2.45, 2.75) is 10.8 Å². The highest BCUT2D eigenvalue weighted by molar-refractivity contribution is 8.01. The second kappa shape index (κ2) is 6.75. The summed E-state index contributed by atoms with van der Waals surface area (Å²) in [4.78, 5) is 16.1. The topological polar surface area (TPSA) is 107 Å². The van der Waals surface area contributed by atoms with Crippen LogP contribution in [0.3, 0.4) is 0 Å². The van der Waals surface area contributed by atoms with Crippen LogP contribution >= 0.6 is 23.1 Å². The van der Waals surface area contributed by atoms with E-state index in [1.54, 1.807) is 0 Å². The first-order valence-electron chi connectivity index (χ1n) is 6.53. The van der Waals surface area contributed by atoms with Crippen LogP contribution < -0.4 is 11.1 Å². The maximum absolute atomic E-state index is 11.7. The number of nitrogens with one attached hydrogen (secondary N) is 1. The molecule has 7 nitrogen and oxygen atoms in total.